The Hall–Kier alpha value is -2.20. The smallest absolute Gasteiger partial charge is 0.0753 e. The summed E-state index contributed by atoms with van der Waals surface area (Å²) in [5.74, 6) is 0. The minimum absolute atomic E-state index is 0.195. The topological polar surface area (TPSA) is 56.7 Å². The van der Waals surface area contributed by atoms with E-state index in [1.165, 1.54) is 0 Å². The van der Waals surface area contributed by atoms with Crippen LogP contribution in [-0.4, -0.2) is 14.8 Å². The monoisotopic (exact) mass is 252 g/mol. The number of benzene rings is 1. The van der Waals surface area contributed by atoms with Gasteiger partial charge < -0.3 is 5.73 Å². The van der Waals surface area contributed by atoms with Crippen LogP contribution in [0.3, 0.4) is 0 Å². The lowest BCUT2D eigenvalue weighted by atomic mass is 9.99. The van der Waals surface area contributed by atoms with E-state index in [9.17, 15) is 0 Å². The molecule has 3 rings (SSSR count). The first-order valence-electron chi connectivity index (χ1n) is 6.41. The van der Waals surface area contributed by atoms with Crippen molar-refractivity contribution in [3.63, 3.8) is 0 Å². The Morgan fingerprint density at radius 1 is 1.26 bits per heavy atom. The highest BCUT2D eigenvalue weighted by Crippen LogP contribution is 2.25. The van der Waals surface area contributed by atoms with Gasteiger partial charge in [0.15, 0.2) is 0 Å². The van der Waals surface area contributed by atoms with E-state index in [1.54, 1.807) is 6.20 Å². The third kappa shape index (κ3) is 2.11. The highest BCUT2D eigenvalue weighted by atomic mass is 15.3. The Morgan fingerprint density at radius 2 is 2.11 bits per heavy atom. The number of nitrogens with two attached hydrogens (primary N) is 1. The van der Waals surface area contributed by atoms with Crippen molar-refractivity contribution in [2.75, 3.05) is 0 Å². The van der Waals surface area contributed by atoms with Gasteiger partial charge in [-0.05, 0) is 18.6 Å². The maximum absolute atomic E-state index is 6.36. The fraction of sp³-hybridized carbons (Fsp3) is 0.200. The number of fused-ring (bicyclic) bond motifs is 1. The highest BCUT2D eigenvalue weighted by Gasteiger charge is 2.14. The molecule has 0 spiro atoms. The molecule has 96 valence electrons. The van der Waals surface area contributed by atoms with Crippen molar-refractivity contribution in [1.29, 1.82) is 0 Å². The van der Waals surface area contributed by atoms with Crippen molar-refractivity contribution in [2.45, 2.75) is 19.5 Å². The summed E-state index contributed by atoms with van der Waals surface area (Å²) in [5.41, 5.74) is 9.37. The number of nitrogens with zero attached hydrogens (tertiary/aromatic N) is 3. The van der Waals surface area contributed by atoms with Crippen LogP contribution in [0.1, 0.15) is 24.1 Å². The number of aromatic nitrogens is 3. The Bertz CT molecular complexity index is 697. The SMILES string of the molecule is CCn1cc(C(N)c2cccc3cccnc23)cn1. The largest absolute Gasteiger partial charge is 0.320 e. The molecule has 0 aliphatic rings. The zero-order chi connectivity index (χ0) is 13.2. The van der Waals surface area contributed by atoms with Gasteiger partial charge >= 0.3 is 0 Å². The third-order valence-electron chi connectivity index (χ3n) is 3.34. The zero-order valence-corrected chi connectivity index (χ0v) is 10.8. The highest BCUT2D eigenvalue weighted by molar-refractivity contribution is 5.82. The van der Waals surface area contributed by atoms with Crippen LogP contribution < -0.4 is 5.73 Å². The van der Waals surface area contributed by atoms with Gasteiger partial charge in [0.1, 0.15) is 0 Å². The van der Waals surface area contributed by atoms with Crippen LogP contribution in [-0.2, 0) is 6.54 Å². The number of rotatable bonds is 3. The molecule has 0 bridgehead atoms. The summed E-state index contributed by atoms with van der Waals surface area (Å²) in [6.45, 7) is 2.91. The van der Waals surface area contributed by atoms with Gasteiger partial charge in [0.25, 0.3) is 0 Å². The number of pyridine rings is 1. The van der Waals surface area contributed by atoms with Crippen molar-refractivity contribution < 1.29 is 0 Å². The molecule has 0 saturated heterocycles. The van der Waals surface area contributed by atoms with Crippen LogP contribution in [0.25, 0.3) is 10.9 Å². The second-order valence-electron chi connectivity index (χ2n) is 4.53. The molecule has 19 heavy (non-hydrogen) atoms. The molecule has 0 radical (unpaired) electrons. The van der Waals surface area contributed by atoms with Gasteiger partial charge in [-0.1, -0.05) is 24.3 Å². The fourth-order valence-corrected chi connectivity index (χ4v) is 2.27. The van der Waals surface area contributed by atoms with Gasteiger partial charge in [-0.15, -0.1) is 0 Å². The van der Waals surface area contributed by atoms with Gasteiger partial charge in [0.05, 0.1) is 17.8 Å². The molecule has 1 unspecified atom stereocenters. The molecule has 3 aromatic rings. The van der Waals surface area contributed by atoms with Crippen molar-refractivity contribution in [3.05, 3.63) is 60.0 Å². The maximum atomic E-state index is 6.36. The number of hydrogen-bond donors (Lipinski definition) is 1. The average Bonchev–Trinajstić information content (AvgIpc) is 2.95. The van der Waals surface area contributed by atoms with E-state index in [4.69, 9.17) is 5.73 Å². The van der Waals surface area contributed by atoms with Crippen LogP contribution in [0, 0.1) is 0 Å². The number of para-hydroxylation sites is 1. The van der Waals surface area contributed by atoms with Gasteiger partial charge in [0.2, 0.25) is 0 Å². The number of aryl methyl sites for hydroxylation is 1. The number of hydrogen-bond acceptors (Lipinski definition) is 3. The molecule has 2 heterocycles. The lowest BCUT2D eigenvalue weighted by Crippen LogP contribution is -2.12. The zero-order valence-electron chi connectivity index (χ0n) is 10.8. The Balaban J connectivity index is 2.08. The summed E-state index contributed by atoms with van der Waals surface area (Å²) in [5, 5.41) is 5.39. The van der Waals surface area contributed by atoms with Crippen LogP contribution in [0.15, 0.2) is 48.9 Å². The van der Waals surface area contributed by atoms with Crippen molar-refractivity contribution in [1.82, 2.24) is 14.8 Å². The Kier molecular flexibility index (Phi) is 3.01. The van der Waals surface area contributed by atoms with E-state index in [2.05, 4.69) is 17.0 Å². The second kappa shape index (κ2) is 4.82. The van der Waals surface area contributed by atoms with Gasteiger partial charge in [-0.25, -0.2) is 0 Å². The molecule has 4 heteroatoms. The molecule has 2 aromatic heterocycles. The van der Waals surface area contributed by atoms with Crippen LogP contribution in [0.2, 0.25) is 0 Å². The summed E-state index contributed by atoms with van der Waals surface area (Å²) in [6.07, 6.45) is 5.62. The minimum Gasteiger partial charge on any atom is -0.320 e. The van der Waals surface area contributed by atoms with E-state index < -0.39 is 0 Å². The maximum Gasteiger partial charge on any atom is 0.0753 e. The molecule has 0 aliphatic carbocycles. The lowest BCUT2D eigenvalue weighted by molar-refractivity contribution is 0.658. The molecular weight excluding hydrogens is 236 g/mol. The lowest BCUT2D eigenvalue weighted by Gasteiger charge is -2.12. The van der Waals surface area contributed by atoms with Crippen LogP contribution in [0.5, 0.6) is 0 Å². The fourth-order valence-electron chi connectivity index (χ4n) is 2.27. The minimum atomic E-state index is -0.195. The summed E-state index contributed by atoms with van der Waals surface area (Å²) in [4.78, 5) is 4.45. The predicted octanol–water partition coefficient (Wildman–Crippen LogP) is 2.50. The second-order valence-corrected chi connectivity index (χ2v) is 4.53. The molecule has 0 fully saturated rings. The first-order chi connectivity index (χ1) is 9.29. The van der Waals surface area contributed by atoms with E-state index in [0.717, 1.165) is 28.6 Å². The molecule has 1 atom stereocenters. The summed E-state index contributed by atoms with van der Waals surface area (Å²) < 4.78 is 1.88. The molecule has 2 N–H and O–H groups in total. The standard InChI is InChI=1S/C15H16N4/c1-2-19-10-12(9-18-19)14(16)13-7-3-5-11-6-4-8-17-15(11)13/h3-10,14H,2,16H2,1H3. The predicted molar refractivity (Wildman–Crippen MR) is 75.7 cm³/mol. The van der Waals surface area contributed by atoms with Crippen molar-refractivity contribution >= 4 is 10.9 Å². The van der Waals surface area contributed by atoms with E-state index in [-0.39, 0.29) is 6.04 Å². The normalized spacial score (nSPS) is 12.7. The van der Waals surface area contributed by atoms with Gasteiger partial charge in [-0.2, -0.15) is 5.10 Å². The third-order valence-corrected chi connectivity index (χ3v) is 3.34. The molecule has 0 amide bonds. The van der Waals surface area contributed by atoms with Crippen molar-refractivity contribution in [2.24, 2.45) is 5.73 Å². The Morgan fingerprint density at radius 3 is 2.89 bits per heavy atom. The molecular formula is C15H16N4. The molecule has 4 nitrogen and oxygen atoms in total. The van der Waals surface area contributed by atoms with Gasteiger partial charge in [0, 0.05) is 29.9 Å². The average molecular weight is 252 g/mol. The molecule has 0 saturated carbocycles. The quantitative estimate of drug-likeness (QED) is 0.779. The van der Waals surface area contributed by atoms with Crippen LogP contribution in [0.4, 0.5) is 0 Å². The first-order valence-corrected chi connectivity index (χ1v) is 6.41. The summed E-state index contributed by atoms with van der Waals surface area (Å²) >= 11 is 0. The van der Waals surface area contributed by atoms with E-state index >= 15 is 0 Å². The Labute approximate surface area is 111 Å². The first kappa shape index (κ1) is 11.9. The summed E-state index contributed by atoms with van der Waals surface area (Å²) in [6, 6.07) is 9.89. The van der Waals surface area contributed by atoms with Crippen molar-refractivity contribution in [3.8, 4) is 0 Å². The molecule has 0 aliphatic heterocycles. The molecule has 1 aromatic carbocycles. The van der Waals surface area contributed by atoms with Gasteiger partial charge in [-0.3, -0.25) is 9.67 Å². The summed E-state index contributed by atoms with van der Waals surface area (Å²) in [7, 11) is 0. The van der Waals surface area contributed by atoms with E-state index in [0.29, 0.717) is 0 Å². The van der Waals surface area contributed by atoms with E-state index in [1.807, 2.05) is 47.4 Å². The van der Waals surface area contributed by atoms with Crippen LogP contribution >= 0.6 is 0 Å².